The zero-order valence-corrected chi connectivity index (χ0v) is 14.4. The fourth-order valence-electron chi connectivity index (χ4n) is 2.52. The number of nitrogens with two attached hydrogens (primary N) is 1. The molecule has 3 N–H and O–H groups in total. The highest BCUT2D eigenvalue weighted by Gasteiger charge is 2.14. The lowest BCUT2D eigenvalue weighted by atomic mass is 10.2. The Hall–Kier alpha value is -4.27. The van der Waals surface area contributed by atoms with Gasteiger partial charge >= 0.3 is 0 Å². The van der Waals surface area contributed by atoms with E-state index in [9.17, 15) is 9.59 Å². The minimum Gasteiger partial charge on any atom is -0.364 e. The summed E-state index contributed by atoms with van der Waals surface area (Å²) in [7, 11) is 0. The minimum atomic E-state index is -0.596. The zero-order chi connectivity index (χ0) is 19.5. The standard InChI is InChI=1S/C19H14N6O3/c20-18(26)15-7-9-25(23-15)14-5-3-13(4-6-14)22-19(27)16-10-17(28-24-16)12-2-1-8-21-11-12/h1-11H,(H2,20,26)(H,22,27). The molecular weight excluding hydrogens is 360 g/mol. The van der Waals surface area contributed by atoms with Crippen molar-refractivity contribution in [2.75, 3.05) is 5.32 Å². The second-order valence-corrected chi connectivity index (χ2v) is 5.83. The quantitative estimate of drug-likeness (QED) is 0.551. The molecule has 1 aromatic carbocycles. The van der Waals surface area contributed by atoms with Crippen LogP contribution in [0, 0.1) is 0 Å². The maximum absolute atomic E-state index is 12.4. The first-order valence-electron chi connectivity index (χ1n) is 8.24. The van der Waals surface area contributed by atoms with Crippen molar-refractivity contribution in [3.8, 4) is 17.0 Å². The van der Waals surface area contributed by atoms with Crippen LogP contribution in [-0.2, 0) is 0 Å². The minimum absolute atomic E-state index is 0.154. The number of amides is 2. The van der Waals surface area contributed by atoms with Crippen molar-refractivity contribution in [3.05, 3.63) is 78.5 Å². The smallest absolute Gasteiger partial charge is 0.277 e. The van der Waals surface area contributed by atoms with Gasteiger partial charge in [-0.15, -0.1) is 0 Å². The molecule has 2 amide bonds. The lowest BCUT2D eigenvalue weighted by molar-refractivity contribution is 0.0992. The van der Waals surface area contributed by atoms with E-state index in [0.29, 0.717) is 17.1 Å². The average Bonchev–Trinajstić information content (AvgIpc) is 3.39. The Morgan fingerprint density at radius 3 is 2.57 bits per heavy atom. The van der Waals surface area contributed by atoms with Crippen molar-refractivity contribution >= 4 is 17.5 Å². The van der Waals surface area contributed by atoms with Crippen molar-refractivity contribution in [1.82, 2.24) is 19.9 Å². The highest BCUT2D eigenvalue weighted by molar-refractivity contribution is 6.03. The summed E-state index contributed by atoms with van der Waals surface area (Å²) in [5, 5.41) is 10.6. The van der Waals surface area contributed by atoms with Crippen molar-refractivity contribution < 1.29 is 14.1 Å². The monoisotopic (exact) mass is 374 g/mol. The van der Waals surface area contributed by atoms with Gasteiger partial charge in [-0.05, 0) is 42.5 Å². The van der Waals surface area contributed by atoms with Crippen LogP contribution in [0.15, 0.2) is 71.6 Å². The summed E-state index contributed by atoms with van der Waals surface area (Å²) in [5.41, 5.74) is 7.54. The zero-order valence-electron chi connectivity index (χ0n) is 14.4. The van der Waals surface area contributed by atoms with Crippen LogP contribution in [0.4, 0.5) is 5.69 Å². The molecule has 0 aliphatic heterocycles. The summed E-state index contributed by atoms with van der Waals surface area (Å²) in [4.78, 5) is 27.5. The van der Waals surface area contributed by atoms with Crippen LogP contribution in [-0.4, -0.2) is 31.7 Å². The summed E-state index contributed by atoms with van der Waals surface area (Å²) >= 11 is 0. The van der Waals surface area contributed by atoms with E-state index < -0.39 is 11.8 Å². The van der Waals surface area contributed by atoms with Crippen LogP contribution >= 0.6 is 0 Å². The van der Waals surface area contributed by atoms with E-state index in [4.69, 9.17) is 10.3 Å². The molecule has 0 fully saturated rings. The molecule has 9 heteroatoms. The number of primary amides is 1. The van der Waals surface area contributed by atoms with Gasteiger partial charge in [0, 0.05) is 35.9 Å². The number of carbonyl (C=O) groups is 2. The van der Waals surface area contributed by atoms with Gasteiger partial charge in [-0.1, -0.05) is 5.16 Å². The maximum atomic E-state index is 12.4. The number of anilines is 1. The lowest BCUT2D eigenvalue weighted by Crippen LogP contribution is -2.12. The van der Waals surface area contributed by atoms with E-state index in [1.807, 2.05) is 6.07 Å². The van der Waals surface area contributed by atoms with Crippen molar-refractivity contribution in [2.24, 2.45) is 5.73 Å². The van der Waals surface area contributed by atoms with Crippen molar-refractivity contribution in [2.45, 2.75) is 0 Å². The largest absolute Gasteiger partial charge is 0.364 e. The van der Waals surface area contributed by atoms with Gasteiger partial charge in [0.2, 0.25) is 0 Å². The number of carbonyl (C=O) groups excluding carboxylic acids is 2. The van der Waals surface area contributed by atoms with Gasteiger partial charge in [0.25, 0.3) is 11.8 Å². The first kappa shape index (κ1) is 17.2. The molecule has 0 saturated carbocycles. The van der Waals surface area contributed by atoms with Gasteiger partial charge in [0.15, 0.2) is 11.5 Å². The summed E-state index contributed by atoms with van der Waals surface area (Å²) < 4.78 is 6.73. The van der Waals surface area contributed by atoms with E-state index in [0.717, 1.165) is 5.56 Å². The topological polar surface area (TPSA) is 129 Å². The summed E-state index contributed by atoms with van der Waals surface area (Å²) in [6.07, 6.45) is 4.90. The van der Waals surface area contributed by atoms with E-state index >= 15 is 0 Å². The van der Waals surface area contributed by atoms with Gasteiger partial charge in [-0.2, -0.15) is 5.10 Å². The number of benzene rings is 1. The van der Waals surface area contributed by atoms with E-state index in [1.54, 1.807) is 55.0 Å². The normalized spacial score (nSPS) is 10.6. The molecular formula is C19H14N6O3. The Kier molecular flexibility index (Phi) is 4.38. The number of hydrogen-bond acceptors (Lipinski definition) is 6. The average molecular weight is 374 g/mol. The second-order valence-electron chi connectivity index (χ2n) is 5.83. The third kappa shape index (κ3) is 3.49. The molecule has 0 aliphatic rings. The first-order chi connectivity index (χ1) is 13.6. The van der Waals surface area contributed by atoms with Crippen LogP contribution in [0.25, 0.3) is 17.0 Å². The summed E-state index contributed by atoms with van der Waals surface area (Å²) in [6.45, 7) is 0. The molecule has 0 saturated heterocycles. The highest BCUT2D eigenvalue weighted by atomic mass is 16.5. The summed E-state index contributed by atoms with van der Waals surface area (Å²) in [6, 6.07) is 13.6. The van der Waals surface area contributed by atoms with Crippen LogP contribution in [0.3, 0.4) is 0 Å². The maximum Gasteiger partial charge on any atom is 0.277 e. The van der Waals surface area contributed by atoms with Crippen molar-refractivity contribution in [1.29, 1.82) is 0 Å². The molecule has 138 valence electrons. The summed E-state index contributed by atoms with van der Waals surface area (Å²) in [5.74, 6) is -0.542. The van der Waals surface area contributed by atoms with Gasteiger partial charge in [0.1, 0.15) is 5.69 Å². The van der Waals surface area contributed by atoms with E-state index in [-0.39, 0.29) is 11.4 Å². The number of pyridine rings is 1. The first-order valence-corrected chi connectivity index (χ1v) is 8.24. The highest BCUT2D eigenvalue weighted by Crippen LogP contribution is 2.20. The number of aromatic nitrogens is 4. The number of hydrogen-bond donors (Lipinski definition) is 2. The molecule has 3 aromatic heterocycles. The van der Waals surface area contributed by atoms with E-state index in [1.165, 1.54) is 10.7 Å². The third-order valence-corrected chi connectivity index (χ3v) is 3.92. The fraction of sp³-hybridized carbons (Fsp3) is 0. The fourth-order valence-corrected chi connectivity index (χ4v) is 2.52. The molecule has 9 nitrogen and oxygen atoms in total. The van der Waals surface area contributed by atoms with Crippen LogP contribution in [0.5, 0.6) is 0 Å². The SMILES string of the molecule is NC(=O)c1ccn(-c2ccc(NC(=O)c3cc(-c4cccnc4)on3)cc2)n1. The van der Waals surface area contributed by atoms with Crippen LogP contribution in [0.2, 0.25) is 0 Å². The molecule has 0 spiro atoms. The molecule has 4 rings (SSSR count). The number of rotatable bonds is 5. The Morgan fingerprint density at radius 1 is 1.07 bits per heavy atom. The molecule has 0 unspecified atom stereocenters. The lowest BCUT2D eigenvalue weighted by Gasteiger charge is -2.05. The molecule has 0 radical (unpaired) electrons. The Morgan fingerprint density at radius 2 is 1.89 bits per heavy atom. The molecule has 0 bridgehead atoms. The van der Waals surface area contributed by atoms with Gasteiger partial charge in [-0.25, -0.2) is 4.68 Å². The Balaban J connectivity index is 1.46. The van der Waals surface area contributed by atoms with Gasteiger partial charge in [-0.3, -0.25) is 14.6 Å². The predicted octanol–water partition coefficient (Wildman–Crippen LogP) is 2.27. The molecule has 0 atom stereocenters. The van der Waals surface area contributed by atoms with Gasteiger partial charge in [0.05, 0.1) is 5.69 Å². The van der Waals surface area contributed by atoms with Crippen LogP contribution in [0.1, 0.15) is 21.0 Å². The predicted molar refractivity (Wildman–Crippen MR) is 99.8 cm³/mol. The molecule has 4 aromatic rings. The Bertz CT molecular complexity index is 1130. The molecule has 28 heavy (non-hydrogen) atoms. The van der Waals surface area contributed by atoms with E-state index in [2.05, 4.69) is 20.6 Å². The number of nitrogens with one attached hydrogen (secondary N) is 1. The van der Waals surface area contributed by atoms with Crippen LogP contribution < -0.4 is 11.1 Å². The third-order valence-electron chi connectivity index (χ3n) is 3.92. The second kappa shape index (κ2) is 7.16. The Labute approximate surface area is 158 Å². The van der Waals surface area contributed by atoms with Gasteiger partial charge < -0.3 is 15.6 Å². The number of nitrogens with zero attached hydrogens (tertiary/aromatic N) is 4. The molecule has 0 aliphatic carbocycles. The molecule has 3 heterocycles. The van der Waals surface area contributed by atoms with Crippen molar-refractivity contribution in [3.63, 3.8) is 0 Å².